The number of hydrogen-bond acceptors (Lipinski definition) is 5. The van der Waals surface area contributed by atoms with Gasteiger partial charge in [0, 0.05) is 13.2 Å². The smallest absolute Gasteiger partial charge is 0.325 e. The van der Waals surface area contributed by atoms with Crippen molar-refractivity contribution in [2.75, 3.05) is 33.4 Å². The molecular weight excluding hydrogens is 334 g/mol. The summed E-state index contributed by atoms with van der Waals surface area (Å²) in [5.74, 6) is -0.662. The topological polar surface area (TPSA) is 65.1 Å². The third-order valence-corrected chi connectivity index (χ3v) is 4.71. The summed E-state index contributed by atoms with van der Waals surface area (Å²) in [6.07, 6.45) is 3.22. The van der Waals surface area contributed by atoms with Crippen LogP contribution in [-0.4, -0.2) is 56.5 Å². The number of esters is 1. The van der Waals surface area contributed by atoms with E-state index in [1.807, 2.05) is 6.07 Å². The quantitative estimate of drug-likeness (QED) is 0.664. The number of rotatable bonds is 8. The van der Waals surface area contributed by atoms with Gasteiger partial charge in [-0.3, -0.25) is 9.59 Å². The Bertz CT molecular complexity index is 590. The number of nitrogens with zero attached hydrogens (tertiary/aromatic N) is 1. The second-order valence-electron chi connectivity index (χ2n) is 6.62. The van der Waals surface area contributed by atoms with Gasteiger partial charge in [-0.05, 0) is 56.2 Å². The predicted molar refractivity (Wildman–Crippen MR) is 97.8 cm³/mol. The van der Waals surface area contributed by atoms with Crippen molar-refractivity contribution >= 4 is 11.9 Å². The number of ether oxygens (including phenoxy) is 3. The lowest BCUT2D eigenvalue weighted by atomic mass is 10.00. The van der Waals surface area contributed by atoms with Crippen molar-refractivity contribution in [2.45, 2.75) is 45.8 Å². The molecule has 0 bridgehead atoms. The maximum Gasteiger partial charge on any atom is 0.325 e. The van der Waals surface area contributed by atoms with Crippen LogP contribution in [0.5, 0.6) is 0 Å². The van der Waals surface area contributed by atoms with E-state index in [9.17, 15) is 9.59 Å². The Labute approximate surface area is 155 Å². The maximum absolute atomic E-state index is 12.6. The van der Waals surface area contributed by atoms with Crippen LogP contribution >= 0.6 is 0 Å². The standard InChI is InChI=1S/C20H29NO5/c1-15-7-6-8-16(2)17(15)10-11-21(13-19(23)24-3)18(22)14-26-20-9-4-5-12-25-20/h6-8,20H,4-5,9-14H2,1-3H3. The van der Waals surface area contributed by atoms with Gasteiger partial charge in [-0.15, -0.1) is 0 Å². The van der Waals surface area contributed by atoms with Gasteiger partial charge in [0.15, 0.2) is 6.29 Å². The van der Waals surface area contributed by atoms with E-state index in [4.69, 9.17) is 14.2 Å². The highest BCUT2D eigenvalue weighted by molar-refractivity contribution is 5.82. The lowest BCUT2D eigenvalue weighted by molar-refractivity contribution is -0.175. The number of carbonyl (C=O) groups is 2. The molecule has 0 radical (unpaired) electrons. The minimum atomic E-state index is -0.436. The summed E-state index contributed by atoms with van der Waals surface area (Å²) in [6, 6.07) is 6.13. The molecule has 1 saturated heterocycles. The fraction of sp³-hybridized carbons (Fsp3) is 0.600. The van der Waals surface area contributed by atoms with Crippen molar-refractivity contribution in [1.29, 1.82) is 0 Å². The predicted octanol–water partition coefficient (Wildman–Crippen LogP) is 2.39. The molecule has 0 aliphatic carbocycles. The van der Waals surface area contributed by atoms with Crippen molar-refractivity contribution < 1.29 is 23.8 Å². The van der Waals surface area contributed by atoms with Gasteiger partial charge in [-0.1, -0.05) is 18.2 Å². The first-order valence-electron chi connectivity index (χ1n) is 9.14. The van der Waals surface area contributed by atoms with Crippen molar-refractivity contribution in [3.8, 4) is 0 Å². The Kier molecular flexibility index (Phi) is 8.06. The van der Waals surface area contributed by atoms with Crippen molar-refractivity contribution in [2.24, 2.45) is 0 Å². The number of benzene rings is 1. The highest BCUT2D eigenvalue weighted by atomic mass is 16.7. The fourth-order valence-electron chi connectivity index (χ4n) is 3.10. The van der Waals surface area contributed by atoms with Gasteiger partial charge in [0.05, 0.1) is 7.11 Å². The monoisotopic (exact) mass is 363 g/mol. The van der Waals surface area contributed by atoms with Crippen LogP contribution in [0.3, 0.4) is 0 Å². The van der Waals surface area contributed by atoms with Crippen molar-refractivity contribution in [1.82, 2.24) is 4.90 Å². The largest absolute Gasteiger partial charge is 0.468 e. The van der Waals surface area contributed by atoms with Crippen LogP contribution in [0.2, 0.25) is 0 Å². The van der Waals surface area contributed by atoms with Crippen LogP contribution in [0.1, 0.15) is 36.0 Å². The first-order valence-corrected chi connectivity index (χ1v) is 9.14. The highest BCUT2D eigenvalue weighted by Crippen LogP contribution is 2.16. The average Bonchev–Trinajstić information content (AvgIpc) is 2.65. The van der Waals surface area contributed by atoms with Gasteiger partial charge in [-0.25, -0.2) is 0 Å². The van der Waals surface area contributed by atoms with E-state index < -0.39 is 5.97 Å². The summed E-state index contributed by atoms with van der Waals surface area (Å²) in [6.45, 7) is 5.05. The van der Waals surface area contributed by atoms with Crippen LogP contribution in [0.25, 0.3) is 0 Å². The molecule has 6 heteroatoms. The summed E-state index contributed by atoms with van der Waals surface area (Å²) in [5, 5.41) is 0. The molecule has 1 aromatic rings. The molecule has 0 aromatic heterocycles. The molecule has 0 N–H and O–H groups in total. The number of hydrogen-bond donors (Lipinski definition) is 0. The highest BCUT2D eigenvalue weighted by Gasteiger charge is 2.21. The Hall–Kier alpha value is -1.92. The molecule has 1 aliphatic heterocycles. The van der Waals surface area contributed by atoms with Crippen molar-refractivity contribution in [3.05, 3.63) is 34.9 Å². The molecule has 1 fully saturated rings. The number of aryl methyl sites for hydroxylation is 2. The van der Waals surface area contributed by atoms with Gasteiger partial charge in [0.1, 0.15) is 13.2 Å². The first kappa shape index (κ1) is 20.4. The summed E-state index contributed by atoms with van der Waals surface area (Å²) >= 11 is 0. The average molecular weight is 363 g/mol. The van der Waals surface area contributed by atoms with E-state index in [1.54, 1.807) is 0 Å². The Morgan fingerprint density at radius 3 is 2.58 bits per heavy atom. The summed E-state index contributed by atoms with van der Waals surface area (Å²) in [5.41, 5.74) is 3.57. The SMILES string of the molecule is COC(=O)CN(CCc1c(C)cccc1C)C(=O)COC1CCCCO1. The fourth-order valence-corrected chi connectivity index (χ4v) is 3.10. The van der Waals surface area contributed by atoms with Crippen LogP contribution in [0.15, 0.2) is 18.2 Å². The molecule has 1 atom stereocenters. The summed E-state index contributed by atoms with van der Waals surface area (Å²) in [4.78, 5) is 25.8. The van der Waals surface area contributed by atoms with Crippen molar-refractivity contribution in [3.63, 3.8) is 0 Å². The zero-order valence-corrected chi connectivity index (χ0v) is 16.0. The van der Waals surface area contributed by atoms with Crippen LogP contribution in [0, 0.1) is 13.8 Å². The zero-order valence-electron chi connectivity index (χ0n) is 16.0. The third-order valence-electron chi connectivity index (χ3n) is 4.71. The molecule has 0 saturated carbocycles. The zero-order chi connectivity index (χ0) is 18.9. The molecule has 6 nitrogen and oxygen atoms in total. The molecular formula is C20H29NO5. The summed E-state index contributed by atoms with van der Waals surface area (Å²) < 4.78 is 15.8. The molecule has 1 aliphatic rings. The summed E-state index contributed by atoms with van der Waals surface area (Å²) in [7, 11) is 1.32. The maximum atomic E-state index is 12.6. The van der Waals surface area contributed by atoms with E-state index in [0.29, 0.717) is 19.6 Å². The molecule has 144 valence electrons. The van der Waals surface area contributed by atoms with Gasteiger partial charge in [0.2, 0.25) is 5.91 Å². The molecule has 26 heavy (non-hydrogen) atoms. The lowest BCUT2D eigenvalue weighted by Gasteiger charge is -2.25. The second-order valence-corrected chi connectivity index (χ2v) is 6.62. The number of methoxy groups -OCH3 is 1. The van der Waals surface area contributed by atoms with Crippen LogP contribution in [0.4, 0.5) is 0 Å². The second kappa shape index (κ2) is 10.3. The normalized spacial score (nSPS) is 17.0. The van der Waals surface area contributed by atoms with Crippen LogP contribution in [-0.2, 0) is 30.2 Å². The molecule has 1 heterocycles. The molecule has 0 spiro atoms. The van der Waals surface area contributed by atoms with E-state index in [-0.39, 0.29) is 25.3 Å². The van der Waals surface area contributed by atoms with Gasteiger partial charge in [-0.2, -0.15) is 0 Å². The number of carbonyl (C=O) groups excluding carboxylic acids is 2. The lowest BCUT2D eigenvalue weighted by Crippen LogP contribution is -2.41. The molecule has 1 unspecified atom stereocenters. The van der Waals surface area contributed by atoms with Crippen LogP contribution < -0.4 is 0 Å². The van der Waals surface area contributed by atoms with Gasteiger partial charge in [0.25, 0.3) is 0 Å². The number of amides is 1. The van der Waals surface area contributed by atoms with E-state index >= 15 is 0 Å². The van der Waals surface area contributed by atoms with Gasteiger partial charge >= 0.3 is 5.97 Å². The Morgan fingerprint density at radius 2 is 1.96 bits per heavy atom. The van der Waals surface area contributed by atoms with E-state index in [2.05, 4.69) is 26.0 Å². The first-order chi connectivity index (χ1) is 12.5. The third kappa shape index (κ3) is 6.11. The minimum Gasteiger partial charge on any atom is -0.468 e. The Morgan fingerprint density at radius 1 is 1.23 bits per heavy atom. The van der Waals surface area contributed by atoms with E-state index in [0.717, 1.165) is 19.3 Å². The molecule has 1 amide bonds. The molecule has 2 rings (SSSR count). The Balaban J connectivity index is 1.95. The van der Waals surface area contributed by atoms with E-state index in [1.165, 1.54) is 28.7 Å². The minimum absolute atomic E-state index is 0.0743. The molecule has 1 aromatic carbocycles. The van der Waals surface area contributed by atoms with Gasteiger partial charge < -0.3 is 19.1 Å².